The fraction of sp³-hybridized carbons (Fsp3) is 0.438. The normalized spacial score (nSPS) is 20.2. The second-order valence-corrected chi connectivity index (χ2v) is 5.36. The number of aromatic nitrogens is 1. The number of piperidine rings is 1. The van der Waals surface area contributed by atoms with Gasteiger partial charge in [-0.05, 0) is 62.9 Å². The van der Waals surface area contributed by atoms with E-state index in [0.717, 1.165) is 23.7 Å². The number of nitrogens with one attached hydrogen (secondary N) is 1. The molecule has 2 aromatic rings. The van der Waals surface area contributed by atoms with Gasteiger partial charge in [-0.1, -0.05) is 18.2 Å². The van der Waals surface area contributed by atoms with E-state index in [0.29, 0.717) is 0 Å². The summed E-state index contributed by atoms with van der Waals surface area (Å²) in [7, 11) is 0. The Morgan fingerprint density at radius 1 is 1.33 bits per heavy atom. The molecule has 1 atom stereocenters. The number of fused-ring (bicyclic) bond motifs is 1. The van der Waals surface area contributed by atoms with Gasteiger partial charge in [0.25, 0.3) is 0 Å². The van der Waals surface area contributed by atoms with Gasteiger partial charge >= 0.3 is 0 Å². The van der Waals surface area contributed by atoms with Gasteiger partial charge in [0, 0.05) is 11.1 Å². The molecule has 1 aromatic heterocycles. The molecule has 94 valence electrons. The number of nitrogens with zero attached hydrogens (tertiary/aromatic N) is 1. The smallest absolute Gasteiger partial charge is 0.0707 e. The van der Waals surface area contributed by atoms with Crippen LogP contribution in [0.5, 0.6) is 0 Å². The summed E-state index contributed by atoms with van der Waals surface area (Å²) in [4.78, 5) is 4.61. The summed E-state index contributed by atoms with van der Waals surface area (Å²) in [6.07, 6.45) is 3.84. The quantitative estimate of drug-likeness (QED) is 0.872. The van der Waals surface area contributed by atoms with Crippen LogP contribution in [0.2, 0.25) is 0 Å². The average molecular weight is 240 g/mol. The van der Waals surface area contributed by atoms with E-state index in [2.05, 4.69) is 47.6 Å². The van der Waals surface area contributed by atoms with Crippen molar-refractivity contribution >= 4 is 10.9 Å². The van der Waals surface area contributed by atoms with Gasteiger partial charge in [-0.15, -0.1) is 0 Å². The molecular weight excluding hydrogens is 220 g/mol. The van der Waals surface area contributed by atoms with Crippen molar-refractivity contribution in [2.45, 2.75) is 26.2 Å². The number of aryl methyl sites for hydroxylation is 1. The Hall–Kier alpha value is -1.41. The van der Waals surface area contributed by atoms with Gasteiger partial charge in [-0.2, -0.15) is 0 Å². The maximum Gasteiger partial charge on any atom is 0.0707 e. The molecule has 0 bridgehead atoms. The molecular formula is C16H20N2. The lowest BCUT2D eigenvalue weighted by molar-refractivity contribution is 0.377. The molecule has 1 fully saturated rings. The van der Waals surface area contributed by atoms with Gasteiger partial charge in [0.05, 0.1) is 5.52 Å². The van der Waals surface area contributed by atoms with Crippen molar-refractivity contribution in [3.63, 3.8) is 0 Å². The van der Waals surface area contributed by atoms with E-state index in [4.69, 9.17) is 0 Å². The monoisotopic (exact) mass is 240 g/mol. The Bertz CT molecular complexity index is 542. The Morgan fingerprint density at radius 3 is 3.06 bits per heavy atom. The summed E-state index contributed by atoms with van der Waals surface area (Å²) in [5.41, 5.74) is 3.73. The number of hydrogen-bond donors (Lipinski definition) is 1. The van der Waals surface area contributed by atoms with Crippen molar-refractivity contribution in [2.24, 2.45) is 5.92 Å². The van der Waals surface area contributed by atoms with Crippen molar-refractivity contribution in [1.82, 2.24) is 10.3 Å². The summed E-state index contributed by atoms with van der Waals surface area (Å²) in [5, 5.41) is 4.83. The third kappa shape index (κ3) is 2.39. The van der Waals surface area contributed by atoms with Crippen LogP contribution in [0.3, 0.4) is 0 Å². The molecule has 0 aliphatic carbocycles. The summed E-state index contributed by atoms with van der Waals surface area (Å²) >= 11 is 0. The minimum atomic E-state index is 0.781. The molecule has 2 nitrogen and oxygen atoms in total. The molecule has 3 rings (SSSR count). The maximum atomic E-state index is 4.61. The maximum absolute atomic E-state index is 4.61. The SMILES string of the molecule is Cc1cc(CC2CCCNC2)c2ccccc2n1. The predicted octanol–water partition coefficient (Wildman–Crippen LogP) is 3.09. The molecule has 2 heteroatoms. The van der Waals surface area contributed by atoms with Gasteiger partial charge < -0.3 is 5.32 Å². The van der Waals surface area contributed by atoms with Crippen molar-refractivity contribution in [3.8, 4) is 0 Å². The second kappa shape index (κ2) is 5.07. The van der Waals surface area contributed by atoms with E-state index in [-0.39, 0.29) is 0 Å². The molecule has 1 aliphatic heterocycles. The van der Waals surface area contributed by atoms with Crippen LogP contribution < -0.4 is 5.32 Å². The van der Waals surface area contributed by atoms with Crippen molar-refractivity contribution in [2.75, 3.05) is 13.1 Å². The van der Waals surface area contributed by atoms with Gasteiger partial charge in [-0.25, -0.2) is 0 Å². The van der Waals surface area contributed by atoms with Crippen molar-refractivity contribution in [3.05, 3.63) is 41.6 Å². The van der Waals surface area contributed by atoms with Crippen LogP contribution >= 0.6 is 0 Å². The fourth-order valence-corrected chi connectivity index (χ4v) is 2.97. The van der Waals surface area contributed by atoms with E-state index in [1.807, 2.05) is 0 Å². The zero-order valence-electron chi connectivity index (χ0n) is 10.9. The van der Waals surface area contributed by atoms with Crippen molar-refractivity contribution < 1.29 is 0 Å². The molecule has 1 aliphatic rings. The van der Waals surface area contributed by atoms with Gasteiger partial charge in [0.1, 0.15) is 0 Å². The van der Waals surface area contributed by atoms with Crippen LogP contribution in [0.4, 0.5) is 0 Å². The molecule has 1 saturated heterocycles. The van der Waals surface area contributed by atoms with E-state index >= 15 is 0 Å². The van der Waals surface area contributed by atoms with E-state index in [9.17, 15) is 0 Å². The highest BCUT2D eigenvalue weighted by atomic mass is 14.9. The van der Waals surface area contributed by atoms with Crippen molar-refractivity contribution in [1.29, 1.82) is 0 Å². The van der Waals surface area contributed by atoms with Gasteiger partial charge in [0.2, 0.25) is 0 Å². The Balaban J connectivity index is 1.94. The summed E-state index contributed by atoms with van der Waals surface area (Å²) in [6, 6.07) is 10.8. The molecule has 1 unspecified atom stereocenters. The lowest BCUT2D eigenvalue weighted by Crippen LogP contribution is -2.30. The highest BCUT2D eigenvalue weighted by Crippen LogP contribution is 2.23. The van der Waals surface area contributed by atoms with Crippen LogP contribution in [0.15, 0.2) is 30.3 Å². The number of benzene rings is 1. The summed E-state index contributed by atoms with van der Waals surface area (Å²) in [5.74, 6) is 0.781. The minimum absolute atomic E-state index is 0.781. The van der Waals surface area contributed by atoms with Crippen LogP contribution in [0.25, 0.3) is 10.9 Å². The minimum Gasteiger partial charge on any atom is -0.316 e. The van der Waals surface area contributed by atoms with Crippen LogP contribution in [0.1, 0.15) is 24.1 Å². The first-order valence-electron chi connectivity index (χ1n) is 6.89. The Labute approximate surface area is 108 Å². The Kier molecular flexibility index (Phi) is 3.28. The molecule has 1 aromatic carbocycles. The fourth-order valence-electron chi connectivity index (χ4n) is 2.97. The molecule has 0 radical (unpaired) electrons. The lowest BCUT2D eigenvalue weighted by Gasteiger charge is -2.23. The first-order chi connectivity index (χ1) is 8.83. The standard InChI is InChI=1S/C16H20N2/c1-12-9-14(10-13-5-4-8-17-11-13)15-6-2-3-7-16(15)18-12/h2-3,6-7,9,13,17H,4-5,8,10-11H2,1H3. The summed E-state index contributed by atoms with van der Waals surface area (Å²) in [6.45, 7) is 4.44. The van der Waals surface area contributed by atoms with E-state index < -0.39 is 0 Å². The molecule has 1 N–H and O–H groups in total. The van der Waals surface area contributed by atoms with Gasteiger partial charge in [0.15, 0.2) is 0 Å². The van der Waals surface area contributed by atoms with Crippen LogP contribution in [-0.4, -0.2) is 18.1 Å². The second-order valence-electron chi connectivity index (χ2n) is 5.36. The van der Waals surface area contributed by atoms with E-state index in [1.165, 1.54) is 36.8 Å². The zero-order valence-corrected chi connectivity index (χ0v) is 10.9. The van der Waals surface area contributed by atoms with Crippen LogP contribution in [0, 0.1) is 12.8 Å². The predicted molar refractivity (Wildman–Crippen MR) is 75.8 cm³/mol. The molecule has 2 heterocycles. The zero-order chi connectivity index (χ0) is 12.4. The number of para-hydroxylation sites is 1. The highest BCUT2D eigenvalue weighted by molar-refractivity contribution is 5.82. The third-order valence-electron chi connectivity index (χ3n) is 3.84. The number of rotatable bonds is 2. The summed E-state index contributed by atoms with van der Waals surface area (Å²) < 4.78 is 0. The number of hydrogen-bond acceptors (Lipinski definition) is 2. The first-order valence-corrected chi connectivity index (χ1v) is 6.89. The topological polar surface area (TPSA) is 24.9 Å². The molecule has 0 spiro atoms. The van der Waals surface area contributed by atoms with E-state index in [1.54, 1.807) is 0 Å². The van der Waals surface area contributed by atoms with Gasteiger partial charge in [-0.3, -0.25) is 4.98 Å². The number of pyridine rings is 1. The largest absolute Gasteiger partial charge is 0.316 e. The van der Waals surface area contributed by atoms with Crippen LogP contribution in [-0.2, 0) is 6.42 Å². The molecule has 0 amide bonds. The Morgan fingerprint density at radius 2 is 2.22 bits per heavy atom. The molecule has 18 heavy (non-hydrogen) atoms. The first kappa shape index (κ1) is 11.7. The average Bonchev–Trinajstić information content (AvgIpc) is 2.40. The lowest BCUT2D eigenvalue weighted by atomic mass is 9.90. The highest BCUT2D eigenvalue weighted by Gasteiger charge is 2.15. The molecule has 0 saturated carbocycles. The third-order valence-corrected chi connectivity index (χ3v) is 3.84.